The van der Waals surface area contributed by atoms with Crippen LogP contribution in [0.2, 0.25) is 0 Å². The van der Waals surface area contributed by atoms with Gasteiger partial charge in [0.25, 0.3) is 0 Å². The molecular formula is C13H11BrN2O2. The van der Waals surface area contributed by atoms with Crippen LogP contribution in [-0.2, 0) is 0 Å². The standard InChI is InChI=1S/C13H11BrN2O2/c1-8-4-3-5-10(9(8)2)11-6-7-15-13(12(11)14)16(17)18/h3-7H,1-2H3. The third kappa shape index (κ3) is 2.13. The van der Waals surface area contributed by atoms with E-state index in [9.17, 15) is 10.1 Å². The summed E-state index contributed by atoms with van der Waals surface area (Å²) in [5.74, 6) is -0.159. The summed E-state index contributed by atoms with van der Waals surface area (Å²) in [4.78, 5) is 14.2. The Morgan fingerprint density at radius 2 is 1.94 bits per heavy atom. The van der Waals surface area contributed by atoms with Gasteiger partial charge in [-0.05, 0) is 62.4 Å². The van der Waals surface area contributed by atoms with Crippen molar-refractivity contribution >= 4 is 21.7 Å². The Hall–Kier alpha value is -1.75. The van der Waals surface area contributed by atoms with Crippen LogP contribution in [-0.4, -0.2) is 9.91 Å². The fraction of sp³-hybridized carbons (Fsp3) is 0.154. The molecule has 1 heterocycles. The van der Waals surface area contributed by atoms with E-state index in [1.807, 2.05) is 32.0 Å². The van der Waals surface area contributed by atoms with Crippen molar-refractivity contribution in [1.29, 1.82) is 0 Å². The Kier molecular flexibility index (Phi) is 3.43. The van der Waals surface area contributed by atoms with Gasteiger partial charge in [-0.25, -0.2) is 0 Å². The molecule has 0 N–H and O–H groups in total. The molecule has 0 saturated heterocycles. The van der Waals surface area contributed by atoms with E-state index in [0.29, 0.717) is 4.47 Å². The summed E-state index contributed by atoms with van der Waals surface area (Å²) >= 11 is 3.27. The normalized spacial score (nSPS) is 10.4. The van der Waals surface area contributed by atoms with E-state index in [1.54, 1.807) is 6.07 Å². The van der Waals surface area contributed by atoms with Crippen molar-refractivity contribution in [3.8, 4) is 11.1 Å². The lowest BCUT2D eigenvalue weighted by Crippen LogP contribution is -1.96. The first-order chi connectivity index (χ1) is 8.52. The second-order valence-corrected chi connectivity index (χ2v) is 4.79. The van der Waals surface area contributed by atoms with Crippen molar-refractivity contribution in [2.45, 2.75) is 13.8 Å². The number of aromatic nitrogens is 1. The van der Waals surface area contributed by atoms with E-state index in [1.165, 1.54) is 6.20 Å². The van der Waals surface area contributed by atoms with Gasteiger partial charge in [0.1, 0.15) is 10.7 Å². The second-order valence-electron chi connectivity index (χ2n) is 4.00. The number of nitrogens with zero attached hydrogens (tertiary/aromatic N) is 2. The zero-order valence-electron chi connectivity index (χ0n) is 9.98. The van der Waals surface area contributed by atoms with Crippen LogP contribution in [0.15, 0.2) is 34.9 Å². The average Bonchev–Trinajstić information content (AvgIpc) is 2.33. The highest BCUT2D eigenvalue weighted by Crippen LogP contribution is 2.35. The van der Waals surface area contributed by atoms with Gasteiger partial charge in [0, 0.05) is 5.56 Å². The van der Waals surface area contributed by atoms with E-state index < -0.39 is 4.92 Å². The van der Waals surface area contributed by atoms with Crippen LogP contribution in [0.25, 0.3) is 11.1 Å². The number of pyridine rings is 1. The lowest BCUT2D eigenvalue weighted by atomic mass is 9.98. The minimum Gasteiger partial charge on any atom is -0.358 e. The molecule has 0 unspecified atom stereocenters. The fourth-order valence-electron chi connectivity index (χ4n) is 1.81. The molecule has 1 aromatic carbocycles. The molecule has 1 aromatic heterocycles. The van der Waals surface area contributed by atoms with Crippen LogP contribution in [0.1, 0.15) is 11.1 Å². The topological polar surface area (TPSA) is 56.0 Å². The third-order valence-electron chi connectivity index (χ3n) is 2.94. The van der Waals surface area contributed by atoms with Gasteiger partial charge >= 0.3 is 5.82 Å². The molecule has 2 aromatic rings. The quantitative estimate of drug-likeness (QED) is 0.621. The van der Waals surface area contributed by atoms with Gasteiger partial charge in [-0.2, -0.15) is 0 Å². The number of hydrogen-bond donors (Lipinski definition) is 0. The maximum absolute atomic E-state index is 10.9. The van der Waals surface area contributed by atoms with E-state index in [-0.39, 0.29) is 5.82 Å². The molecule has 0 atom stereocenters. The Balaban J connectivity index is 2.69. The molecule has 0 amide bonds. The van der Waals surface area contributed by atoms with E-state index in [2.05, 4.69) is 20.9 Å². The zero-order chi connectivity index (χ0) is 13.3. The first kappa shape index (κ1) is 12.7. The first-order valence-corrected chi connectivity index (χ1v) is 6.17. The van der Waals surface area contributed by atoms with Gasteiger partial charge in [0.05, 0.1) is 0 Å². The van der Waals surface area contributed by atoms with Crippen LogP contribution in [0.4, 0.5) is 5.82 Å². The Bertz CT molecular complexity index is 626. The third-order valence-corrected chi connectivity index (χ3v) is 3.72. The van der Waals surface area contributed by atoms with Gasteiger partial charge in [-0.3, -0.25) is 0 Å². The molecule has 0 aliphatic heterocycles. The molecule has 5 heteroatoms. The van der Waals surface area contributed by atoms with Gasteiger partial charge < -0.3 is 10.1 Å². The van der Waals surface area contributed by atoms with Gasteiger partial charge in [-0.15, -0.1) is 0 Å². The number of hydrogen-bond acceptors (Lipinski definition) is 3. The van der Waals surface area contributed by atoms with E-state index in [0.717, 1.165) is 22.3 Å². The highest BCUT2D eigenvalue weighted by molar-refractivity contribution is 9.10. The summed E-state index contributed by atoms with van der Waals surface area (Å²) in [6.45, 7) is 4.02. The minimum absolute atomic E-state index is 0.159. The molecular weight excluding hydrogens is 296 g/mol. The predicted molar refractivity (Wildman–Crippen MR) is 73.5 cm³/mol. The summed E-state index contributed by atoms with van der Waals surface area (Å²) in [7, 11) is 0. The Labute approximate surface area is 113 Å². The highest BCUT2D eigenvalue weighted by Gasteiger charge is 2.18. The predicted octanol–water partition coefficient (Wildman–Crippen LogP) is 4.04. The van der Waals surface area contributed by atoms with Crippen LogP contribution in [0.5, 0.6) is 0 Å². The molecule has 0 aliphatic carbocycles. The number of nitro groups is 1. The Morgan fingerprint density at radius 1 is 1.22 bits per heavy atom. The highest BCUT2D eigenvalue weighted by atomic mass is 79.9. The maximum Gasteiger partial charge on any atom is 0.378 e. The summed E-state index contributed by atoms with van der Waals surface area (Å²) < 4.78 is 0.420. The SMILES string of the molecule is Cc1cccc(-c2ccnc([N+](=O)[O-])c2Br)c1C. The number of rotatable bonds is 2. The average molecular weight is 307 g/mol. The summed E-state index contributed by atoms with van der Waals surface area (Å²) in [6.07, 6.45) is 1.46. The van der Waals surface area contributed by atoms with Crippen LogP contribution >= 0.6 is 15.9 Å². The maximum atomic E-state index is 10.9. The number of halogens is 1. The summed E-state index contributed by atoms with van der Waals surface area (Å²) in [5.41, 5.74) is 4.03. The molecule has 0 saturated carbocycles. The molecule has 0 fully saturated rings. The first-order valence-electron chi connectivity index (χ1n) is 5.38. The van der Waals surface area contributed by atoms with Crippen molar-refractivity contribution in [2.75, 3.05) is 0 Å². The van der Waals surface area contributed by atoms with Crippen LogP contribution < -0.4 is 0 Å². The molecule has 18 heavy (non-hydrogen) atoms. The smallest absolute Gasteiger partial charge is 0.358 e. The molecule has 0 spiro atoms. The molecule has 4 nitrogen and oxygen atoms in total. The summed E-state index contributed by atoms with van der Waals surface area (Å²) in [6, 6.07) is 7.68. The molecule has 0 radical (unpaired) electrons. The minimum atomic E-state index is -0.487. The fourth-order valence-corrected chi connectivity index (χ4v) is 2.40. The van der Waals surface area contributed by atoms with Crippen LogP contribution in [0, 0.1) is 24.0 Å². The number of benzene rings is 1. The Morgan fingerprint density at radius 3 is 2.61 bits per heavy atom. The summed E-state index contributed by atoms with van der Waals surface area (Å²) in [5, 5.41) is 10.9. The van der Waals surface area contributed by atoms with Crippen molar-refractivity contribution < 1.29 is 4.92 Å². The van der Waals surface area contributed by atoms with Crippen LogP contribution in [0.3, 0.4) is 0 Å². The molecule has 0 aliphatic rings. The van der Waals surface area contributed by atoms with Crippen molar-refractivity contribution in [3.63, 3.8) is 0 Å². The lowest BCUT2D eigenvalue weighted by molar-refractivity contribution is -0.390. The van der Waals surface area contributed by atoms with Crippen molar-refractivity contribution in [1.82, 2.24) is 4.98 Å². The molecule has 92 valence electrons. The second kappa shape index (κ2) is 4.86. The van der Waals surface area contributed by atoms with Crippen molar-refractivity contribution in [2.24, 2.45) is 0 Å². The van der Waals surface area contributed by atoms with Crippen molar-refractivity contribution in [3.05, 3.63) is 56.2 Å². The molecule has 2 rings (SSSR count). The zero-order valence-corrected chi connectivity index (χ0v) is 11.6. The lowest BCUT2D eigenvalue weighted by Gasteiger charge is -2.09. The number of aryl methyl sites for hydroxylation is 1. The van der Waals surface area contributed by atoms with E-state index >= 15 is 0 Å². The van der Waals surface area contributed by atoms with E-state index in [4.69, 9.17) is 0 Å². The van der Waals surface area contributed by atoms with Gasteiger partial charge in [0.2, 0.25) is 0 Å². The largest absolute Gasteiger partial charge is 0.378 e. The molecule has 0 bridgehead atoms. The van der Waals surface area contributed by atoms with Gasteiger partial charge in [0.15, 0.2) is 0 Å². The van der Waals surface area contributed by atoms with Gasteiger partial charge in [-0.1, -0.05) is 18.2 Å². The monoisotopic (exact) mass is 306 g/mol.